The fraction of sp³-hybridized carbons (Fsp3) is 0.400. The van der Waals surface area contributed by atoms with Gasteiger partial charge in [-0.3, -0.25) is 0 Å². The fourth-order valence-electron chi connectivity index (χ4n) is 2.81. The van der Waals surface area contributed by atoms with E-state index in [9.17, 15) is 0 Å². The Morgan fingerprint density at radius 3 is 3.00 bits per heavy atom. The Morgan fingerprint density at radius 1 is 1.33 bits per heavy atom. The maximum absolute atomic E-state index is 5.44. The van der Waals surface area contributed by atoms with Gasteiger partial charge in [-0.1, -0.05) is 12.1 Å². The van der Waals surface area contributed by atoms with Gasteiger partial charge in [0.2, 0.25) is 0 Å². The summed E-state index contributed by atoms with van der Waals surface area (Å²) in [5.41, 5.74) is 2.43. The predicted molar refractivity (Wildman–Crippen MR) is 71.9 cm³/mol. The molecule has 1 aliphatic rings. The van der Waals surface area contributed by atoms with Crippen LogP contribution in [0.15, 0.2) is 30.5 Å². The van der Waals surface area contributed by atoms with Crippen LogP contribution in [0.4, 0.5) is 0 Å². The molecule has 0 spiro atoms. The van der Waals surface area contributed by atoms with Crippen molar-refractivity contribution in [2.75, 3.05) is 7.11 Å². The number of ether oxygens (including phenoxy) is 1. The number of aromatic nitrogens is 2. The number of benzene rings is 1. The van der Waals surface area contributed by atoms with E-state index in [1.54, 1.807) is 7.11 Å². The number of aryl methyl sites for hydroxylation is 1. The molecule has 1 unspecified atom stereocenters. The summed E-state index contributed by atoms with van der Waals surface area (Å²) in [7, 11) is 1.71. The molecule has 0 bridgehead atoms. The number of imidazole rings is 1. The average molecular weight is 242 g/mol. The molecular weight excluding hydrogens is 224 g/mol. The van der Waals surface area contributed by atoms with Crippen LogP contribution in [0, 0.1) is 0 Å². The molecule has 1 aliphatic heterocycles. The van der Waals surface area contributed by atoms with Crippen LogP contribution in [-0.4, -0.2) is 16.7 Å². The first kappa shape index (κ1) is 11.3. The Hall–Kier alpha value is -1.77. The van der Waals surface area contributed by atoms with Crippen molar-refractivity contribution in [2.45, 2.75) is 32.2 Å². The molecule has 2 aromatic rings. The Morgan fingerprint density at radius 2 is 2.17 bits per heavy atom. The zero-order chi connectivity index (χ0) is 12.5. The summed E-state index contributed by atoms with van der Waals surface area (Å²) in [6.45, 7) is 2.27. The lowest BCUT2D eigenvalue weighted by Gasteiger charge is -2.24. The Balaban J connectivity index is 2.15. The lowest BCUT2D eigenvalue weighted by molar-refractivity contribution is 0.412. The summed E-state index contributed by atoms with van der Waals surface area (Å²) in [5.74, 6) is 1.93. The van der Waals surface area contributed by atoms with Crippen molar-refractivity contribution in [2.24, 2.45) is 0 Å². The highest BCUT2D eigenvalue weighted by Gasteiger charge is 2.22. The largest absolute Gasteiger partial charge is 0.496 e. The number of rotatable bonds is 2. The van der Waals surface area contributed by atoms with Crippen molar-refractivity contribution in [3.05, 3.63) is 36.2 Å². The first-order chi connectivity index (χ1) is 8.81. The van der Waals surface area contributed by atoms with E-state index >= 15 is 0 Å². The smallest absolute Gasteiger partial charge is 0.144 e. The number of methoxy groups -OCH3 is 1. The van der Waals surface area contributed by atoms with Gasteiger partial charge in [0.25, 0.3) is 0 Å². The molecule has 3 nitrogen and oxygen atoms in total. The number of fused-ring (bicyclic) bond motifs is 1. The van der Waals surface area contributed by atoms with E-state index in [-0.39, 0.29) is 0 Å². The molecule has 0 amide bonds. The second kappa shape index (κ2) is 4.48. The van der Waals surface area contributed by atoms with Gasteiger partial charge in [0.05, 0.1) is 12.7 Å². The molecule has 0 N–H and O–H groups in total. The van der Waals surface area contributed by atoms with Gasteiger partial charge in [0.15, 0.2) is 0 Å². The third kappa shape index (κ3) is 1.70. The SMILES string of the molecule is COc1ccccc1-c1ncc2n1C(C)CCC2. The van der Waals surface area contributed by atoms with E-state index in [1.807, 2.05) is 24.4 Å². The monoisotopic (exact) mass is 242 g/mol. The fourth-order valence-corrected chi connectivity index (χ4v) is 2.81. The van der Waals surface area contributed by atoms with Crippen LogP contribution in [0.5, 0.6) is 5.75 Å². The van der Waals surface area contributed by atoms with E-state index < -0.39 is 0 Å². The van der Waals surface area contributed by atoms with Crippen molar-refractivity contribution < 1.29 is 4.74 Å². The van der Waals surface area contributed by atoms with Crippen molar-refractivity contribution in [1.29, 1.82) is 0 Å². The predicted octanol–water partition coefficient (Wildman–Crippen LogP) is 3.46. The van der Waals surface area contributed by atoms with Crippen molar-refractivity contribution in [3.8, 4) is 17.1 Å². The van der Waals surface area contributed by atoms with E-state index in [0.29, 0.717) is 6.04 Å². The van der Waals surface area contributed by atoms with Crippen molar-refractivity contribution >= 4 is 0 Å². The summed E-state index contributed by atoms with van der Waals surface area (Å²) < 4.78 is 7.80. The summed E-state index contributed by atoms with van der Waals surface area (Å²) in [5, 5.41) is 0. The third-order valence-corrected chi connectivity index (χ3v) is 3.72. The van der Waals surface area contributed by atoms with Gasteiger partial charge in [-0.25, -0.2) is 4.98 Å². The topological polar surface area (TPSA) is 27.1 Å². The lowest BCUT2D eigenvalue weighted by atomic mass is 10.0. The summed E-state index contributed by atoms with van der Waals surface area (Å²) >= 11 is 0. The standard InChI is InChI=1S/C15H18N2O/c1-11-6-5-7-12-10-16-15(17(11)12)13-8-3-4-9-14(13)18-2/h3-4,8-11H,5-7H2,1-2H3. The van der Waals surface area contributed by atoms with E-state index in [2.05, 4.69) is 22.5 Å². The molecule has 1 atom stereocenters. The van der Waals surface area contributed by atoms with Crippen LogP contribution in [0.1, 0.15) is 31.5 Å². The summed E-state index contributed by atoms with van der Waals surface area (Å²) in [6, 6.07) is 8.62. The first-order valence-corrected chi connectivity index (χ1v) is 6.50. The van der Waals surface area contributed by atoms with Gasteiger partial charge >= 0.3 is 0 Å². The molecule has 0 aliphatic carbocycles. The van der Waals surface area contributed by atoms with E-state index in [0.717, 1.165) is 23.6 Å². The van der Waals surface area contributed by atoms with E-state index in [1.165, 1.54) is 18.5 Å². The van der Waals surface area contributed by atoms with Crippen LogP contribution < -0.4 is 4.74 Å². The Bertz CT molecular complexity index is 559. The minimum absolute atomic E-state index is 0.524. The maximum Gasteiger partial charge on any atom is 0.144 e. The number of hydrogen-bond donors (Lipinski definition) is 0. The van der Waals surface area contributed by atoms with E-state index in [4.69, 9.17) is 4.74 Å². The second-order valence-corrected chi connectivity index (χ2v) is 4.88. The third-order valence-electron chi connectivity index (χ3n) is 3.72. The number of para-hydroxylation sites is 1. The molecule has 1 aromatic carbocycles. The van der Waals surface area contributed by atoms with Crippen molar-refractivity contribution in [1.82, 2.24) is 9.55 Å². The van der Waals surface area contributed by atoms with Crippen LogP contribution in [0.25, 0.3) is 11.4 Å². The summed E-state index contributed by atoms with van der Waals surface area (Å²) in [4.78, 5) is 4.61. The zero-order valence-electron chi connectivity index (χ0n) is 10.9. The molecule has 0 saturated heterocycles. The summed E-state index contributed by atoms with van der Waals surface area (Å²) in [6.07, 6.45) is 5.63. The minimum Gasteiger partial charge on any atom is -0.496 e. The molecule has 94 valence electrons. The lowest BCUT2D eigenvalue weighted by Crippen LogP contribution is -2.15. The average Bonchev–Trinajstić information content (AvgIpc) is 2.84. The number of hydrogen-bond acceptors (Lipinski definition) is 2. The van der Waals surface area contributed by atoms with Crippen LogP contribution in [0.3, 0.4) is 0 Å². The van der Waals surface area contributed by atoms with Crippen LogP contribution in [0.2, 0.25) is 0 Å². The van der Waals surface area contributed by atoms with Crippen LogP contribution >= 0.6 is 0 Å². The van der Waals surface area contributed by atoms with Gasteiger partial charge in [-0.2, -0.15) is 0 Å². The maximum atomic E-state index is 5.44. The quantitative estimate of drug-likeness (QED) is 0.806. The highest BCUT2D eigenvalue weighted by atomic mass is 16.5. The Labute approximate surface area is 107 Å². The molecule has 1 aromatic heterocycles. The van der Waals surface area contributed by atoms with Crippen molar-refractivity contribution in [3.63, 3.8) is 0 Å². The first-order valence-electron chi connectivity index (χ1n) is 6.50. The highest BCUT2D eigenvalue weighted by molar-refractivity contribution is 5.65. The highest BCUT2D eigenvalue weighted by Crippen LogP contribution is 2.34. The van der Waals surface area contributed by atoms with Gasteiger partial charge in [0.1, 0.15) is 11.6 Å². The molecule has 18 heavy (non-hydrogen) atoms. The molecule has 0 saturated carbocycles. The molecule has 2 heterocycles. The second-order valence-electron chi connectivity index (χ2n) is 4.88. The normalized spacial score (nSPS) is 18.4. The van der Waals surface area contributed by atoms with Crippen LogP contribution in [-0.2, 0) is 6.42 Å². The van der Waals surface area contributed by atoms with Gasteiger partial charge in [-0.15, -0.1) is 0 Å². The van der Waals surface area contributed by atoms with Gasteiger partial charge in [0, 0.05) is 17.9 Å². The zero-order valence-corrected chi connectivity index (χ0v) is 10.9. The van der Waals surface area contributed by atoms with Gasteiger partial charge < -0.3 is 9.30 Å². The molecule has 0 radical (unpaired) electrons. The molecule has 3 rings (SSSR count). The number of nitrogens with zero attached hydrogens (tertiary/aromatic N) is 2. The minimum atomic E-state index is 0.524. The Kier molecular flexibility index (Phi) is 2.82. The molecule has 0 fully saturated rings. The molecule has 3 heteroatoms. The van der Waals surface area contributed by atoms with Gasteiger partial charge in [-0.05, 0) is 38.3 Å². The molecular formula is C15H18N2O.